The summed E-state index contributed by atoms with van der Waals surface area (Å²) in [6.45, 7) is 5.79. The predicted molar refractivity (Wildman–Crippen MR) is 144 cm³/mol. The number of hydrogen-bond donors (Lipinski definition) is 1. The number of quaternary nitrogens is 1. The molecule has 36 heavy (non-hydrogen) atoms. The third-order valence-electron chi connectivity index (χ3n) is 9.20. The van der Waals surface area contributed by atoms with Crippen LogP contribution in [0.25, 0.3) is 0 Å². The second-order valence-corrected chi connectivity index (χ2v) is 11.0. The van der Waals surface area contributed by atoms with Crippen molar-refractivity contribution in [1.29, 1.82) is 0 Å². The van der Waals surface area contributed by atoms with Crippen molar-refractivity contribution < 1.29 is 9.59 Å². The Bertz CT molecular complexity index is 1280. The molecule has 2 saturated heterocycles. The van der Waals surface area contributed by atoms with Crippen molar-refractivity contribution in [2.75, 3.05) is 20.1 Å². The number of likely N-dealkylation sites (tertiary alicyclic amines) is 1. The molecule has 1 aliphatic carbocycles. The summed E-state index contributed by atoms with van der Waals surface area (Å²) < 4.78 is 0.893. The van der Waals surface area contributed by atoms with Gasteiger partial charge in [-0.05, 0) is 80.2 Å². The van der Waals surface area contributed by atoms with Crippen LogP contribution in [0.4, 0.5) is 5.69 Å². The Morgan fingerprint density at radius 1 is 0.972 bits per heavy atom. The first-order valence-corrected chi connectivity index (χ1v) is 13.5. The molecule has 2 aromatic carbocycles. The number of rotatable bonds is 5. The maximum Gasteiger partial charge on any atom is 0.254 e. The van der Waals surface area contributed by atoms with Crippen molar-refractivity contribution in [2.45, 2.75) is 63.8 Å². The van der Waals surface area contributed by atoms with Crippen molar-refractivity contribution in [1.82, 2.24) is 14.7 Å². The van der Waals surface area contributed by atoms with Crippen LogP contribution >= 0.6 is 0 Å². The summed E-state index contributed by atoms with van der Waals surface area (Å²) in [7, 11) is 1.66. The normalized spacial score (nSPS) is 25.2. The molecule has 1 saturated carbocycles. The fourth-order valence-electron chi connectivity index (χ4n) is 6.61. The summed E-state index contributed by atoms with van der Waals surface area (Å²) >= 11 is 0. The fourth-order valence-corrected chi connectivity index (χ4v) is 6.61. The van der Waals surface area contributed by atoms with Gasteiger partial charge in [0.2, 0.25) is 0 Å². The summed E-state index contributed by atoms with van der Waals surface area (Å²) in [4.78, 5) is 28.2. The number of fused-ring (bicyclic) bond motifs is 1. The van der Waals surface area contributed by atoms with Crippen LogP contribution in [0.2, 0.25) is 0 Å². The molecule has 186 valence electrons. The van der Waals surface area contributed by atoms with E-state index < -0.39 is 0 Å². The van der Waals surface area contributed by atoms with Crippen LogP contribution in [0.3, 0.4) is 0 Å². The maximum atomic E-state index is 13.5. The van der Waals surface area contributed by atoms with Gasteiger partial charge in [-0.3, -0.25) is 9.59 Å². The Kier molecular flexibility index (Phi) is 5.64. The van der Waals surface area contributed by atoms with E-state index in [2.05, 4.69) is 60.9 Å². The molecule has 1 N–H and O–H groups in total. The van der Waals surface area contributed by atoms with Crippen molar-refractivity contribution in [3.05, 3.63) is 88.3 Å². The predicted octanol–water partition coefficient (Wildman–Crippen LogP) is 5.76. The molecule has 2 atom stereocenters. The van der Waals surface area contributed by atoms with Crippen LogP contribution in [0.5, 0.6) is 0 Å². The van der Waals surface area contributed by atoms with Gasteiger partial charge in [-0.25, -0.2) is 4.48 Å². The molecule has 0 radical (unpaired) electrons. The van der Waals surface area contributed by atoms with Gasteiger partial charge < -0.3 is 10.2 Å². The molecule has 0 aromatic heterocycles. The highest BCUT2D eigenvalue weighted by atomic mass is 16.2. The Morgan fingerprint density at radius 3 is 2.28 bits per heavy atom. The van der Waals surface area contributed by atoms with Gasteiger partial charge in [-0.1, -0.05) is 24.6 Å². The molecule has 2 amide bonds. The van der Waals surface area contributed by atoms with Crippen LogP contribution in [-0.2, 0) is 0 Å². The third kappa shape index (κ3) is 3.55. The molecule has 0 spiro atoms. The van der Waals surface area contributed by atoms with Crippen LogP contribution in [0, 0.1) is 6.92 Å². The number of hydrogen-bond acceptors (Lipinski definition) is 2. The van der Waals surface area contributed by atoms with Gasteiger partial charge in [-0.2, -0.15) is 0 Å². The number of piperidine rings is 1. The highest BCUT2D eigenvalue weighted by Gasteiger charge is 2.61. The summed E-state index contributed by atoms with van der Waals surface area (Å²) in [5.74, 6) is 0.874. The average Bonchev–Trinajstić information content (AvgIpc) is 3.21. The van der Waals surface area contributed by atoms with E-state index in [0.29, 0.717) is 29.0 Å². The minimum atomic E-state index is -0.0948. The SMILES string of the molecule is CNC(=O)c1cc(C(=O)N2CCC(c3ccc([N+]45C=CC=C4C5C)cc3)CC2)c(C)cc1C1CCC1. The molecule has 2 unspecified atom stereocenters. The van der Waals surface area contributed by atoms with E-state index in [1.54, 1.807) is 7.05 Å². The molecule has 3 heterocycles. The number of benzene rings is 2. The van der Waals surface area contributed by atoms with Crippen LogP contribution in [0.15, 0.2) is 60.4 Å². The van der Waals surface area contributed by atoms with Gasteiger partial charge in [0.15, 0.2) is 11.7 Å². The van der Waals surface area contributed by atoms with E-state index in [4.69, 9.17) is 0 Å². The van der Waals surface area contributed by atoms with Gasteiger partial charge in [0.1, 0.15) is 11.9 Å². The highest BCUT2D eigenvalue weighted by molar-refractivity contribution is 6.01. The molecule has 5 nitrogen and oxygen atoms in total. The van der Waals surface area contributed by atoms with Crippen LogP contribution in [0.1, 0.15) is 88.3 Å². The molecular weight excluding hydrogens is 446 g/mol. The van der Waals surface area contributed by atoms with Crippen molar-refractivity contribution >= 4 is 17.5 Å². The first kappa shape index (κ1) is 23.2. The Hall–Kier alpha value is -3.18. The van der Waals surface area contributed by atoms with E-state index in [9.17, 15) is 9.59 Å². The van der Waals surface area contributed by atoms with Gasteiger partial charge in [-0.15, -0.1) is 0 Å². The first-order chi connectivity index (χ1) is 17.4. The molecule has 2 aromatic rings. The van der Waals surface area contributed by atoms with Crippen molar-refractivity contribution in [3.8, 4) is 0 Å². The number of carbonyl (C=O) groups is 2. The zero-order valence-electron chi connectivity index (χ0n) is 21.6. The Morgan fingerprint density at radius 2 is 1.69 bits per heavy atom. The molecule has 6 rings (SSSR count). The van der Waals surface area contributed by atoms with Crippen molar-refractivity contribution in [3.63, 3.8) is 0 Å². The molecule has 5 heteroatoms. The molecule has 3 aliphatic heterocycles. The number of amides is 2. The van der Waals surface area contributed by atoms with E-state index in [-0.39, 0.29) is 11.8 Å². The van der Waals surface area contributed by atoms with Crippen LogP contribution in [-0.4, -0.2) is 42.9 Å². The fraction of sp³-hybridized carbons (Fsp3) is 0.419. The zero-order chi connectivity index (χ0) is 25.0. The molecule has 3 fully saturated rings. The highest BCUT2D eigenvalue weighted by Crippen LogP contribution is 2.52. The minimum absolute atomic E-state index is 0.0538. The van der Waals surface area contributed by atoms with Gasteiger partial charge in [0.25, 0.3) is 11.8 Å². The van der Waals surface area contributed by atoms with E-state index in [1.165, 1.54) is 23.4 Å². The van der Waals surface area contributed by atoms with Gasteiger partial charge in [0.05, 0.1) is 0 Å². The van der Waals surface area contributed by atoms with Gasteiger partial charge >= 0.3 is 0 Å². The zero-order valence-corrected chi connectivity index (χ0v) is 21.6. The number of aryl methyl sites for hydroxylation is 1. The van der Waals surface area contributed by atoms with E-state index in [1.807, 2.05) is 17.9 Å². The topological polar surface area (TPSA) is 49.4 Å². The molecule has 4 aliphatic rings. The smallest absolute Gasteiger partial charge is 0.254 e. The largest absolute Gasteiger partial charge is 0.355 e. The Balaban J connectivity index is 1.15. The maximum absolute atomic E-state index is 13.5. The van der Waals surface area contributed by atoms with E-state index in [0.717, 1.165) is 54.4 Å². The lowest BCUT2D eigenvalue weighted by Crippen LogP contribution is -2.38. The summed E-state index contributed by atoms with van der Waals surface area (Å²) in [6, 6.07) is 13.7. The number of carbonyl (C=O) groups excluding carboxylic acids is 2. The number of nitrogens with zero attached hydrogens (tertiary/aromatic N) is 2. The Labute approximate surface area is 214 Å². The molecule has 0 bridgehead atoms. The van der Waals surface area contributed by atoms with E-state index >= 15 is 0 Å². The molecular formula is C31H36N3O2+. The second-order valence-electron chi connectivity index (χ2n) is 11.0. The lowest BCUT2D eigenvalue weighted by atomic mass is 9.77. The third-order valence-corrected chi connectivity index (χ3v) is 9.20. The lowest BCUT2D eigenvalue weighted by molar-refractivity contribution is 0.0712. The summed E-state index contributed by atoms with van der Waals surface area (Å²) in [6.07, 6.45) is 12.1. The van der Waals surface area contributed by atoms with Gasteiger partial charge in [0, 0.05) is 49.5 Å². The second kappa shape index (κ2) is 8.74. The first-order valence-electron chi connectivity index (χ1n) is 13.5. The standard InChI is InChI=1S/C31H35N3O2/c1-20-18-27(24-6-4-7-24)28(30(35)32-3)19-26(20)31(36)33-15-13-23(14-16-33)22-9-11-25(12-10-22)34-17-5-8-29(34)21(34)2/h5,8-12,17-19,21,23-24H,4,6-7,13-16H2,1-3H3/p+1. The average molecular weight is 483 g/mol. The van der Waals surface area contributed by atoms with Crippen molar-refractivity contribution in [2.24, 2.45) is 0 Å². The minimum Gasteiger partial charge on any atom is -0.355 e. The summed E-state index contributed by atoms with van der Waals surface area (Å²) in [5, 5.41) is 2.77. The number of nitrogens with one attached hydrogen (secondary N) is 1. The lowest BCUT2D eigenvalue weighted by Gasteiger charge is -2.33. The monoisotopic (exact) mass is 482 g/mol. The van der Waals surface area contributed by atoms with Crippen LogP contribution < -0.4 is 9.80 Å². The summed E-state index contributed by atoms with van der Waals surface area (Å²) in [5.41, 5.74) is 7.61. The number of allylic oxidation sites excluding steroid dienone is 2. The quantitative estimate of drug-likeness (QED) is 0.435.